The Hall–Kier alpha value is -2.58. The van der Waals surface area contributed by atoms with Crippen LogP contribution in [0.15, 0.2) is 29.6 Å². The maximum atomic E-state index is 13.5. The number of hydrogen-bond acceptors (Lipinski definition) is 6. The van der Waals surface area contributed by atoms with E-state index in [9.17, 15) is 9.59 Å². The van der Waals surface area contributed by atoms with Crippen molar-refractivity contribution in [2.75, 3.05) is 47.6 Å². The molecule has 1 heterocycles. The quantitative estimate of drug-likeness (QED) is 0.372. The average molecular weight is 491 g/mol. The fourth-order valence-electron chi connectivity index (χ4n) is 3.63. The molecule has 188 valence electrons. The second-order valence-corrected chi connectivity index (χ2v) is 9.54. The van der Waals surface area contributed by atoms with Crippen molar-refractivity contribution >= 4 is 23.2 Å². The van der Waals surface area contributed by atoms with E-state index in [1.165, 1.54) is 5.56 Å². The van der Waals surface area contributed by atoms with Crippen molar-refractivity contribution in [3.05, 3.63) is 45.6 Å². The molecule has 0 N–H and O–H groups in total. The Morgan fingerprint density at radius 3 is 2.32 bits per heavy atom. The third-order valence-electron chi connectivity index (χ3n) is 5.68. The van der Waals surface area contributed by atoms with Crippen LogP contribution in [0.2, 0.25) is 0 Å². The molecule has 0 unspecified atom stereocenters. The number of carbonyl (C=O) groups is 2. The van der Waals surface area contributed by atoms with E-state index in [0.717, 1.165) is 10.4 Å². The Bertz CT molecular complexity index is 928. The number of hydrogen-bond donors (Lipinski definition) is 0. The third-order valence-corrected chi connectivity index (χ3v) is 6.69. The number of nitrogens with zero attached hydrogens (tertiary/aromatic N) is 2. The van der Waals surface area contributed by atoms with Gasteiger partial charge in [0.1, 0.15) is 0 Å². The minimum atomic E-state index is -0.171. The molecule has 0 aliphatic carbocycles. The molecule has 2 rings (SSSR count). The molecule has 2 aromatic rings. The number of ether oxygens (including phenoxy) is 3. The van der Waals surface area contributed by atoms with E-state index >= 15 is 0 Å². The van der Waals surface area contributed by atoms with Crippen LogP contribution in [0.4, 0.5) is 0 Å². The van der Waals surface area contributed by atoms with Crippen LogP contribution >= 0.6 is 11.3 Å². The van der Waals surface area contributed by atoms with Crippen LogP contribution in [0.5, 0.6) is 11.5 Å². The van der Waals surface area contributed by atoms with Crippen molar-refractivity contribution in [2.24, 2.45) is 5.92 Å². The van der Waals surface area contributed by atoms with Crippen molar-refractivity contribution in [3.63, 3.8) is 0 Å². The maximum absolute atomic E-state index is 13.5. The van der Waals surface area contributed by atoms with Crippen LogP contribution in [0.25, 0.3) is 0 Å². The monoisotopic (exact) mass is 490 g/mol. The molecule has 0 bridgehead atoms. The van der Waals surface area contributed by atoms with E-state index in [1.54, 1.807) is 37.6 Å². The van der Waals surface area contributed by atoms with Gasteiger partial charge in [-0.05, 0) is 54.5 Å². The highest BCUT2D eigenvalue weighted by Gasteiger charge is 2.23. The fourth-order valence-corrected chi connectivity index (χ4v) is 4.55. The normalized spacial score (nSPS) is 10.9. The molecule has 34 heavy (non-hydrogen) atoms. The Morgan fingerprint density at radius 1 is 1.00 bits per heavy atom. The number of methoxy groups -OCH3 is 3. The lowest BCUT2D eigenvalue weighted by Crippen LogP contribution is -2.45. The van der Waals surface area contributed by atoms with Gasteiger partial charge in [0.05, 0.1) is 27.3 Å². The minimum absolute atomic E-state index is 0.0170. The van der Waals surface area contributed by atoms with Gasteiger partial charge in [0.15, 0.2) is 11.5 Å². The predicted octanol–water partition coefficient (Wildman–Crippen LogP) is 4.17. The van der Waals surface area contributed by atoms with E-state index in [-0.39, 0.29) is 24.3 Å². The smallest absolute Gasteiger partial charge is 0.242 e. The van der Waals surface area contributed by atoms with E-state index in [2.05, 4.69) is 13.0 Å². The van der Waals surface area contributed by atoms with Crippen molar-refractivity contribution in [2.45, 2.75) is 40.2 Å². The van der Waals surface area contributed by atoms with Gasteiger partial charge in [-0.2, -0.15) is 0 Å². The zero-order valence-electron chi connectivity index (χ0n) is 21.3. The van der Waals surface area contributed by atoms with Crippen molar-refractivity contribution in [1.82, 2.24) is 9.80 Å². The Balaban J connectivity index is 2.18. The molecule has 0 saturated heterocycles. The Labute approximate surface area is 207 Å². The SMILES string of the molecule is COCCCN(CC(=O)N(CCc1ccc(OC)c(OC)c1)Cc1sccc1C)C(=O)C(C)C. The van der Waals surface area contributed by atoms with Crippen LogP contribution < -0.4 is 9.47 Å². The molecule has 0 saturated carbocycles. The summed E-state index contributed by atoms with van der Waals surface area (Å²) in [6.07, 6.45) is 1.36. The second-order valence-electron chi connectivity index (χ2n) is 8.54. The lowest BCUT2D eigenvalue weighted by atomic mass is 10.1. The van der Waals surface area contributed by atoms with E-state index in [4.69, 9.17) is 14.2 Å². The number of amides is 2. The summed E-state index contributed by atoms with van der Waals surface area (Å²) in [5.41, 5.74) is 2.22. The summed E-state index contributed by atoms with van der Waals surface area (Å²) in [5.74, 6) is 1.09. The van der Waals surface area contributed by atoms with Crippen LogP contribution in [0.1, 0.15) is 36.3 Å². The van der Waals surface area contributed by atoms with Gasteiger partial charge in [-0.25, -0.2) is 0 Å². The molecule has 0 spiro atoms. The molecule has 0 atom stereocenters. The van der Waals surface area contributed by atoms with Crippen molar-refractivity contribution in [1.29, 1.82) is 0 Å². The lowest BCUT2D eigenvalue weighted by Gasteiger charge is -2.29. The van der Waals surface area contributed by atoms with Gasteiger partial charge >= 0.3 is 0 Å². The molecule has 0 aliphatic heterocycles. The van der Waals surface area contributed by atoms with Crippen LogP contribution in [0.3, 0.4) is 0 Å². The number of aryl methyl sites for hydroxylation is 1. The first-order chi connectivity index (χ1) is 16.3. The van der Waals surface area contributed by atoms with E-state index < -0.39 is 0 Å². The van der Waals surface area contributed by atoms with Crippen LogP contribution in [-0.2, 0) is 27.3 Å². The van der Waals surface area contributed by atoms with Crippen LogP contribution in [-0.4, -0.2) is 69.2 Å². The minimum Gasteiger partial charge on any atom is -0.493 e. The largest absolute Gasteiger partial charge is 0.493 e. The summed E-state index contributed by atoms with van der Waals surface area (Å²) in [6.45, 7) is 7.95. The van der Waals surface area contributed by atoms with E-state index in [0.29, 0.717) is 50.6 Å². The van der Waals surface area contributed by atoms with E-state index in [1.807, 2.05) is 42.3 Å². The summed E-state index contributed by atoms with van der Waals surface area (Å²) in [5, 5.41) is 2.04. The molecule has 0 radical (unpaired) electrons. The second kappa shape index (κ2) is 14.0. The van der Waals surface area contributed by atoms with Gasteiger partial charge in [0, 0.05) is 37.6 Å². The summed E-state index contributed by atoms with van der Waals surface area (Å²) in [4.78, 5) is 30.9. The zero-order valence-corrected chi connectivity index (χ0v) is 22.1. The molecule has 0 fully saturated rings. The number of benzene rings is 1. The molecule has 1 aromatic heterocycles. The highest BCUT2D eigenvalue weighted by atomic mass is 32.1. The molecule has 0 aliphatic rings. The summed E-state index contributed by atoms with van der Waals surface area (Å²) >= 11 is 1.65. The summed E-state index contributed by atoms with van der Waals surface area (Å²) in [7, 11) is 4.86. The van der Waals surface area contributed by atoms with Gasteiger partial charge in [0.2, 0.25) is 11.8 Å². The van der Waals surface area contributed by atoms with Crippen molar-refractivity contribution in [3.8, 4) is 11.5 Å². The van der Waals surface area contributed by atoms with Gasteiger partial charge in [-0.3, -0.25) is 9.59 Å². The Kier molecular flexibility index (Phi) is 11.4. The van der Waals surface area contributed by atoms with Gasteiger partial charge in [0.25, 0.3) is 0 Å². The average Bonchev–Trinajstić information content (AvgIpc) is 3.24. The highest BCUT2D eigenvalue weighted by molar-refractivity contribution is 7.10. The molecular formula is C26H38N2O5S. The number of thiophene rings is 1. The third kappa shape index (κ3) is 8.02. The number of carbonyl (C=O) groups excluding carboxylic acids is 2. The number of rotatable bonds is 14. The highest BCUT2D eigenvalue weighted by Crippen LogP contribution is 2.28. The Morgan fingerprint density at radius 2 is 1.74 bits per heavy atom. The maximum Gasteiger partial charge on any atom is 0.242 e. The fraction of sp³-hybridized carbons (Fsp3) is 0.538. The van der Waals surface area contributed by atoms with Gasteiger partial charge in [-0.1, -0.05) is 19.9 Å². The first-order valence-electron chi connectivity index (χ1n) is 11.6. The predicted molar refractivity (Wildman–Crippen MR) is 136 cm³/mol. The molecule has 2 amide bonds. The van der Waals surface area contributed by atoms with Crippen LogP contribution in [0, 0.1) is 12.8 Å². The molecular weight excluding hydrogens is 452 g/mol. The first kappa shape index (κ1) is 27.7. The topological polar surface area (TPSA) is 68.3 Å². The van der Waals surface area contributed by atoms with Crippen molar-refractivity contribution < 1.29 is 23.8 Å². The molecule has 1 aromatic carbocycles. The standard InChI is InChI=1S/C26H38N2O5S/c1-19(2)26(30)28(12-7-14-31-4)18-25(29)27(17-24-20(3)11-15-34-24)13-10-21-8-9-22(32-5)23(16-21)33-6/h8-9,11,15-16,19H,7,10,12-14,17-18H2,1-6H3. The lowest BCUT2D eigenvalue weighted by molar-refractivity contribution is -0.142. The summed E-state index contributed by atoms with van der Waals surface area (Å²) < 4.78 is 15.9. The molecule has 8 heteroatoms. The molecule has 7 nitrogen and oxygen atoms in total. The van der Waals surface area contributed by atoms with Gasteiger partial charge in [-0.15, -0.1) is 11.3 Å². The first-order valence-corrected chi connectivity index (χ1v) is 12.5. The zero-order chi connectivity index (χ0) is 25.1. The summed E-state index contributed by atoms with van der Waals surface area (Å²) in [6, 6.07) is 7.87. The van der Waals surface area contributed by atoms with Gasteiger partial charge < -0.3 is 24.0 Å².